The molecule has 0 unspecified atom stereocenters. The van der Waals surface area contributed by atoms with E-state index in [0.717, 1.165) is 38.1 Å². The Labute approximate surface area is 218 Å². The third-order valence-corrected chi connectivity index (χ3v) is 7.42. The Balaban J connectivity index is 0.00000432. The normalized spacial score (nSPS) is 11.1. The van der Waals surface area contributed by atoms with Crippen LogP contribution in [0.4, 0.5) is 0 Å². The number of nitrogens with one attached hydrogen (secondary N) is 1. The highest BCUT2D eigenvalue weighted by molar-refractivity contribution is 7.90. The van der Waals surface area contributed by atoms with Crippen molar-refractivity contribution in [2.75, 3.05) is 26.2 Å². The van der Waals surface area contributed by atoms with Gasteiger partial charge in [-0.3, -0.25) is 4.79 Å². The Morgan fingerprint density at radius 1 is 0.971 bits per heavy atom. The van der Waals surface area contributed by atoms with Gasteiger partial charge in [0, 0.05) is 19.5 Å². The molecule has 1 heterocycles. The van der Waals surface area contributed by atoms with Crippen LogP contribution in [-0.4, -0.2) is 45.5 Å². The summed E-state index contributed by atoms with van der Waals surface area (Å²) in [5.74, 6) is 0.352. The van der Waals surface area contributed by atoms with Gasteiger partial charge in [0.15, 0.2) is 0 Å². The quantitative estimate of drug-likeness (QED) is 0.289. The van der Waals surface area contributed by atoms with Crippen molar-refractivity contribution in [1.29, 1.82) is 0 Å². The van der Waals surface area contributed by atoms with Crippen molar-refractivity contribution < 1.29 is 17.9 Å². The summed E-state index contributed by atoms with van der Waals surface area (Å²) in [6.07, 6.45) is 2.82. The zero-order valence-electron chi connectivity index (χ0n) is 19.9. The fourth-order valence-corrected chi connectivity index (χ4v) is 5.29. The van der Waals surface area contributed by atoms with Gasteiger partial charge in [-0.2, -0.15) is 11.3 Å². The van der Waals surface area contributed by atoms with Crippen LogP contribution in [0.15, 0.2) is 76.3 Å². The van der Waals surface area contributed by atoms with Gasteiger partial charge in [-0.25, -0.2) is 13.1 Å². The molecule has 6 nitrogen and oxygen atoms in total. The molecule has 9 heteroatoms. The van der Waals surface area contributed by atoms with E-state index in [1.807, 2.05) is 12.1 Å². The average Bonchev–Trinajstić information content (AvgIpc) is 3.34. The molecule has 3 rings (SSSR count). The minimum absolute atomic E-state index is 0. The third kappa shape index (κ3) is 10.0. The van der Waals surface area contributed by atoms with Gasteiger partial charge in [-0.1, -0.05) is 37.3 Å². The second-order valence-corrected chi connectivity index (χ2v) is 10.6. The van der Waals surface area contributed by atoms with Crippen molar-refractivity contribution in [1.82, 2.24) is 9.62 Å². The molecule has 0 radical (unpaired) electrons. The molecule has 0 bridgehead atoms. The van der Waals surface area contributed by atoms with Gasteiger partial charge in [0.05, 0.1) is 11.5 Å². The summed E-state index contributed by atoms with van der Waals surface area (Å²) in [5, 5.41) is 4.26. The maximum atomic E-state index is 12.3. The average molecular weight is 537 g/mol. The Morgan fingerprint density at radius 3 is 2.37 bits per heavy atom. The summed E-state index contributed by atoms with van der Waals surface area (Å²) in [4.78, 5) is 14.5. The van der Waals surface area contributed by atoms with E-state index in [-0.39, 0.29) is 23.7 Å². The van der Waals surface area contributed by atoms with Crippen molar-refractivity contribution in [3.63, 3.8) is 0 Å². The predicted octanol–water partition coefficient (Wildman–Crippen LogP) is 5.14. The van der Waals surface area contributed by atoms with Crippen molar-refractivity contribution in [2.24, 2.45) is 0 Å². The van der Waals surface area contributed by atoms with E-state index in [1.54, 1.807) is 29.5 Å². The second-order valence-electron chi connectivity index (χ2n) is 8.09. The number of carbonyl (C=O) groups is 1. The Bertz CT molecular complexity index is 1110. The van der Waals surface area contributed by atoms with E-state index in [2.05, 4.69) is 45.5 Å². The molecule has 0 aliphatic rings. The first kappa shape index (κ1) is 28.8. The molecule has 190 valence electrons. The molecule has 0 aliphatic heterocycles. The molecule has 1 aromatic heterocycles. The molecule has 1 amide bonds. The molecule has 35 heavy (non-hydrogen) atoms. The SMILES string of the molecule is CCCN(CCCOc1ccc(Cc2ccsc2)cc1)CCC(=O)NS(=O)(=O)c1ccccc1.Cl. The molecule has 1 N–H and O–H groups in total. The number of hydrogen-bond donors (Lipinski definition) is 1. The molecule has 0 saturated heterocycles. The topological polar surface area (TPSA) is 75.7 Å². The predicted molar refractivity (Wildman–Crippen MR) is 144 cm³/mol. The van der Waals surface area contributed by atoms with Crippen molar-refractivity contribution >= 4 is 39.7 Å². The minimum Gasteiger partial charge on any atom is -0.494 e. The van der Waals surface area contributed by atoms with E-state index in [9.17, 15) is 13.2 Å². The Morgan fingerprint density at radius 2 is 1.71 bits per heavy atom. The molecule has 0 fully saturated rings. The summed E-state index contributed by atoms with van der Waals surface area (Å²) in [6.45, 7) is 4.79. The molecule has 0 aliphatic carbocycles. The van der Waals surface area contributed by atoms with Gasteiger partial charge >= 0.3 is 0 Å². The van der Waals surface area contributed by atoms with Crippen LogP contribution in [-0.2, 0) is 21.2 Å². The van der Waals surface area contributed by atoms with E-state index in [1.165, 1.54) is 23.3 Å². The number of hydrogen-bond acceptors (Lipinski definition) is 6. The fraction of sp³-hybridized carbons (Fsp3) is 0.346. The van der Waals surface area contributed by atoms with Crippen LogP contribution in [0.2, 0.25) is 0 Å². The number of thiophene rings is 1. The third-order valence-electron chi connectivity index (χ3n) is 5.30. The number of rotatable bonds is 14. The van der Waals surface area contributed by atoms with Gasteiger partial charge in [-0.05, 0) is 78.0 Å². The number of halogens is 1. The maximum absolute atomic E-state index is 12.3. The first-order valence-corrected chi connectivity index (χ1v) is 13.9. The zero-order valence-corrected chi connectivity index (χ0v) is 22.3. The smallest absolute Gasteiger partial charge is 0.264 e. The lowest BCUT2D eigenvalue weighted by Crippen LogP contribution is -2.35. The highest BCUT2D eigenvalue weighted by Gasteiger charge is 2.17. The molecule has 3 aromatic rings. The number of nitrogens with zero attached hydrogens (tertiary/aromatic N) is 1. The van der Waals surface area contributed by atoms with Crippen molar-refractivity contribution in [3.8, 4) is 5.75 Å². The van der Waals surface area contributed by atoms with Gasteiger partial charge in [0.1, 0.15) is 5.75 Å². The Kier molecular flexibility index (Phi) is 12.3. The van der Waals surface area contributed by atoms with Crippen LogP contribution in [0.25, 0.3) is 0 Å². The lowest BCUT2D eigenvalue weighted by Gasteiger charge is -2.21. The molecule has 0 atom stereocenters. The number of amides is 1. The number of ether oxygens (including phenoxy) is 1. The Hall–Kier alpha value is -2.39. The molecular formula is C26H33ClN2O4S2. The summed E-state index contributed by atoms with van der Waals surface area (Å²) < 4.78 is 32.6. The summed E-state index contributed by atoms with van der Waals surface area (Å²) in [5.41, 5.74) is 2.58. The maximum Gasteiger partial charge on any atom is 0.264 e. The van der Waals surface area contributed by atoms with Gasteiger partial charge in [0.25, 0.3) is 10.0 Å². The highest BCUT2D eigenvalue weighted by Crippen LogP contribution is 2.17. The lowest BCUT2D eigenvalue weighted by atomic mass is 10.1. The van der Waals surface area contributed by atoms with E-state index in [4.69, 9.17) is 4.74 Å². The van der Waals surface area contributed by atoms with Crippen molar-refractivity contribution in [2.45, 2.75) is 37.5 Å². The molecule has 0 saturated carbocycles. The number of carbonyl (C=O) groups excluding carboxylic acids is 1. The number of sulfonamides is 1. The lowest BCUT2D eigenvalue weighted by molar-refractivity contribution is -0.119. The van der Waals surface area contributed by atoms with Crippen LogP contribution in [0, 0.1) is 0 Å². The van der Waals surface area contributed by atoms with Gasteiger partial charge < -0.3 is 9.64 Å². The fourth-order valence-electron chi connectivity index (χ4n) is 3.58. The minimum atomic E-state index is -3.83. The number of benzene rings is 2. The molecule has 2 aromatic carbocycles. The van der Waals surface area contributed by atoms with Crippen LogP contribution in [0.5, 0.6) is 5.75 Å². The summed E-state index contributed by atoms with van der Waals surface area (Å²) in [7, 11) is -3.83. The summed E-state index contributed by atoms with van der Waals surface area (Å²) >= 11 is 1.71. The summed E-state index contributed by atoms with van der Waals surface area (Å²) in [6, 6.07) is 18.3. The van der Waals surface area contributed by atoms with Crippen LogP contribution in [0.1, 0.15) is 37.3 Å². The van der Waals surface area contributed by atoms with E-state index < -0.39 is 15.9 Å². The van der Waals surface area contributed by atoms with Gasteiger partial charge in [0.2, 0.25) is 5.91 Å². The van der Waals surface area contributed by atoms with E-state index in [0.29, 0.717) is 13.2 Å². The second kappa shape index (κ2) is 14.9. The molecular weight excluding hydrogens is 504 g/mol. The molecule has 0 spiro atoms. The monoisotopic (exact) mass is 536 g/mol. The highest BCUT2D eigenvalue weighted by atomic mass is 35.5. The largest absolute Gasteiger partial charge is 0.494 e. The van der Waals surface area contributed by atoms with E-state index >= 15 is 0 Å². The zero-order chi connectivity index (χ0) is 24.2. The first-order chi connectivity index (χ1) is 16.5. The standard InChI is InChI=1S/C26H32N2O4S2.ClH/c1-2-15-28(17-13-26(29)27-34(30,31)25-7-4-3-5-8-25)16-6-18-32-24-11-9-22(10-12-24)20-23-14-19-33-21-23;/h3-5,7-12,14,19,21H,2,6,13,15-18,20H2,1H3,(H,27,29);1H. The van der Waals surface area contributed by atoms with Crippen molar-refractivity contribution in [3.05, 3.63) is 82.6 Å². The van der Waals surface area contributed by atoms with Crippen LogP contribution < -0.4 is 9.46 Å². The first-order valence-electron chi connectivity index (χ1n) is 11.5. The van der Waals surface area contributed by atoms with Crippen LogP contribution >= 0.6 is 23.7 Å². The van der Waals surface area contributed by atoms with Gasteiger partial charge in [-0.15, -0.1) is 12.4 Å². The van der Waals surface area contributed by atoms with Crippen LogP contribution in [0.3, 0.4) is 0 Å².